The van der Waals surface area contributed by atoms with Crippen molar-refractivity contribution in [1.82, 2.24) is 10.2 Å². The molecule has 7 heteroatoms. The molecule has 2 amide bonds. The number of hydrogen-bond donors (Lipinski definition) is 1. The summed E-state index contributed by atoms with van der Waals surface area (Å²) >= 11 is 0. The molecular weight excluding hydrogens is 324 g/mol. The lowest BCUT2D eigenvalue weighted by Crippen LogP contribution is -2.56. The Labute approximate surface area is 146 Å². The van der Waals surface area contributed by atoms with E-state index in [0.29, 0.717) is 30.7 Å². The number of carbonyl (C=O) groups excluding carboxylic acids is 3. The minimum atomic E-state index is -0.926. The average Bonchev–Trinajstić information content (AvgIpc) is 2.74. The Morgan fingerprint density at radius 3 is 2.88 bits per heavy atom. The Balaban J connectivity index is 1.78. The molecule has 2 aliphatic heterocycles. The van der Waals surface area contributed by atoms with E-state index in [1.807, 2.05) is 6.07 Å². The summed E-state index contributed by atoms with van der Waals surface area (Å²) in [6, 6.07) is 6.38. The van der Waals surface area contributed by atoms with Gasteiger partial charge in [0.05, 0.1) is 12.2 Å². The molecule has 2 heterocycles. The van der Waals surface area contributed by atoms with Gasteiger partial charge in [0.25, 0.3) is 5.91 Å². The average molecular weight is 346 g/mol. The van der Waals surface area contributed by atoms with E-state index in [9.17, 15) is 14.4 Å². The van der Waals surface area contributed by atoms with Gasteiger partial charge < -0.3 is 19.7 Å². The molecule has 1 fully saturated rings. The minimum absolute atomic E-state index is 0.144. The van der Waals surface area contributed by atoms with E-state index >= 15 is 0 Å². The van der Waals surface area contributed by atoms with Crippen molar-refractivity contribution in [1.29, 1.82) is 0 Å². The predicted octanol–water partition coefficient (Wildman–Crippen LogP) is 1.47. The van der Waals surface area contributed by atoms with Crippen molar-refractivity contribution in [3.8, 4) is 5.75 Å². The summed E-state index contributed by atoms with van der Waals surface area (Å²) < 4.78 is 11.1. The predicted molar refractivity (Wildman–Crippen MR) is 88.9 cm³/mol. The maximum atomic E-state index is 12.5. The van der Waals surface area contributed by atoms with Crippen molar-refractivity contribution < 1.29 is 23.9 Å². The number of nitrogens with one attached hydrogen (secondary N) is 1. The van der Waals surface area contributed by atoms with Gasteiger partial charge in [0.2, 0.25) is 5.91 Å². The number of benzene rings is 1. The number of esters is 1. The number of amides is 2. The molecule has 2 atom stereocenters. The summed E-state index contributed by atoms with van der Waals surface area (Å²) in [6.45, 7) is 3.96. The Morgan fingerprint density at radius 1 is 1.36 bits per heavy atom. The third-order valence-electron chi connectivity index (χ3n) is 4.69. The molecule has 0 saturated carbocycles. The maximum Gasteiger partial charge on any atom is 0.328 e. The molecule has 2 aliphatic rings. The number of fused-ring (bicyclic) bond motifs is 1. The first-order valence-electron chi connectivity index (χ1n) is 8.52. The van der Waals surface area contributed by atoms with Crippen molar-refractivity contribution in [3.05, 3.63) is 29.8 Å². The molecular formula is C18H22N2O5. The second-order valence-corrected chi connectivity index (χ2v) is 6.31. The lowest BCUT2D eigenvalue weighted by atomic mass is 10.0. The van der Waals surface area contributed by atoms with E-state index in [4.69, 9.17) is 9.47 Å². The van der Waals surface area contributed by atoms with Gasteiger partial charge in [-0.15, -0.1) is 0 Å². The van der Waals surface area contributed by atoms with E-state index < -0.39 is 17.7 Å². The Morgan fingerprint density at radius 2 is 2.12 bits per heavy atom. The lowest BCUT2D eigenvalue weighted by Gasteiger charge is -2.38. The quantitative estimate of drug-likeness (QED) is 0.838. The normalized spacial score (nSPS) is 24.0. The minimum Gasteiger partial charge on any atom is -0.467 e. The number of likely N-dealkylation sites (tertiary alicyclic amines) is 1. The van der Waals surface area contributed by atoms with Crippen molar-refractivity contribution in [2.24, 2.45) is 0 Å². The van der Waals surface area contributed by atoms with Gasteiger partial charge in [-0.25, -0.2) is 4.79 Å². The standard InChI is InChI=1S/C18H22N2O5/c1-3-24-17(23)12(2)20-11-10-18(9-8-15(20)21)19-16(22)13-6-4-5-7-14(13)25-18/h4-7,12H,3,8-11H2,1-2H3,(H,19,22)/t12-,18-/m1/s1. The number of rotatable bonds is 3. The molecule has 1 saturated heterocycles. The van der Waals surface area contributed by atoms with Crippen LogP contribution in [-0.2, 0) is 14.3 Å². The molecule has 0 aliphatic carbocycles. The number of hydrogen-bond acceptors (Lipinski definition) is 5. The summed E-state index contributed by atoms with van der Waals surface area (Å²) in [6.07, 6.45) is 0.951. The fraction of sp³-hybridized carbons (Fsp3) is 0.500. The van der Waals surface area contributed by atoms with Crippen LogP contribution in [0.1, 0.15) is 43.5 Å². The molecule has 25 heavy (non-hydrogen) atoms. The van der Waals surface area contributed by atoms with Crippen LogP contribution in [0.3, 0.4) is 0 Å². The fourth-order valence-electron chi connectivity index (χ4n) is 3.28. The second-order valence-electron chi connectivity index (χ2n) is 6.31. The zero-order valence-electron chi connectivity index (χ0n) is 14.4. The van der Waals surface area contributed by atoms with Crippen molar-refractivity contribution >= 4 is 17.8 Å². The number of carbonyl (C=O) groups is 3. The Kier molecular flexibility index (Phi) is 4.65. The molecule has 0 radical (unpaired) electrons. The van der Waals surface area contributed by atoms with Crippen LogP contribution in [0.5, 0.6) is 5.75 Å². The highest BCUT2D eigenvalue weighted by molar-refractivity contribution is 5.98. The van der Waals surface area contributed by atoms with Crippen LogP contribution in [-0.4, -0.2) is 47.6 Å². The first kappa shape index (κ1) is 17.3. The smallest absolute Gasteiger partial charge is 0.328 e. The van der Waals surface area contributed by atoms with E-state index in [1.54, 1.807) is 32.0 Å². The van der Waals surface area contributed by atoms with Gasteiger partial charge in [-0.3, -0.25) is 9.59 Å². The number of ether oxygens (including phenoxy) is 2. The lowest BCUT2D eigenvalue weighted by molar-refractivity contribution is -0.153. The SMILES string of the molecule is CCOC(=O)[C@@H](C)N1CC[C@]2(CCC1=O)NC(=O)c1ccccc1O2. The third kappa shape index (κ3) is 3.31. The maximum absolute atomic E-state index is 12.5. The second kappa shape index (κ2) is 6.74. The highest BCUT2D eigenvalue weighted by Crippen LogP contribution is 2.34. The van der Waals surface area contributed by atoms with Crippen LogP contribution in [0.4, 0.5) is 0 Å². The summed E-state index contributed by atoms with van der Waals surface area (Å²) in [5, 5.41) is 2.91. The van der Waals surface area contributed by atoms with Gasteiger partial charge >= 0.3 is 5.97 Å². The molecule has 1 aromatic rings. The Bertz CT molecular complexity index is 704. The molecule has 0 aromatic heterocycles. The summed E-state index contributed by atoms with van der Waals surface area (Å²) in [5.74, 6) is -0.258. The molecule has 1 spiro atoms. The van der Waals surface area contributed by atoms with E-state index in [0.717, 1.165) is 0 Å². The van der Waals surface area contributed by atoms with Crippen molar-refractivity contribution in [2.75, 3.05) is 13.2 Å². The van der Waals surface area contributed by atoms with Gasteiger partial charge in [0, 0.05) is 25.8 Å². The molecule has 0 bridgehead atoms. The van der Waals surface area contributed by atoms with Gasteiger partial charge in [0.1, 0.15) is 11.8 Å². The van der Waals surface area contributed by atoms with E-state index in [2.05, 4.69) is 5.32 Å². The molecule has 0 unspecified atom stereocenters. The van der Waals surface area contributed by atoms with Gasteiger partial charge in [-0.2, -0.15) is 0 Å². The number of nitrogens with zero attached hydrogens (tertiary/aromatic N) is 1. The fourth-order valence-corrected chi connectivity index (χ4v) is 3.28. The number of para-hydroxylation sites is 1. The molecule has 3 rings (SSSR count). The van der Waals surface area contributed by atoms with Crippen molar-refractivity contribution in [2.45, 2.75) is 44.9 Å². The zero-order valence-corrected chi connectivity index (χ0v) is 14.4. The Hall–Kier alpha value is -2.57. The third-order valence-corrected chi connectivity index (χ3v) is 4.69. The van der Waals surface area contributed by atoms with Crippen LogP contribution >= 0.6 is 0 Å². The first-order chi connectivity index (χ1) is 12.0. The zero-order chi connectivity index (χ0) is 18.0. The summed E-state index contributed by atoms with van der Waals surface area (Å²) in [5.41, 5.74) is -0.440. The summed E-state index contributed by atoms with van der Waals surface area (Å²) in [7, 11) is 0. The van der Waals surface area contributed by atoms with Crippen LogP contribution < -0.4 is 10.1 Å². The largest absolute Gasteiger partial charge is 0.467 e. The van der Waals surface area contributed by atoms with E-state index in [1.165, 1.54) is 4.90 Å². The van der Waals surface area contributed by atoms with Gasteiger partial charge in [-0.1, -0.05) is 12.1 Å². The highest BCUT2D eigenvalue weighted by Gasteiger charge is 2.43. The molecule has 7 nitrogen and oxygen atoms in total. The van der Waals surface area contributed by atoms with Crippen LogP contribution in [0.15, 0.2) is 24.3 Å². The van der Waals surface area contributed by atoms with Gasteiger partial charge in [0.15, 0.2) is 5.72 Å². The highest BCUT2D eigenvalue weighted by atomic mass is 16.5. The monoisotopic (exact) mass is 346 g/mol. The molecule has 1 aromatic carbocycles. The topological polar surface area (TPSA) is 84.9 Å². The van der Waals surface area contributed by atoms with Crippen LogP contribution in [0.2, 0.25) is 0 Å². The van der Waals surface area contributed by atoms with Crippen LogP contribution in [0, 0.1) is 0 Å². The van der Waals surface area contributed by atoms with Gasteiger partial charge in [-0.05, 0) is 26.0 Å². The summed E-state index contributed by atoms with van der Waals surface area (Å²) in [4.78, 5) is 38.3. The first-order valence-corrected chi connectivity index (χ1v) is 8.52. The van der Waals surface area contributed by atoms with Crippen molar-refractivity contribution in [3.63, 3.8) is 0 Å². The van der Waals surface area contributed by atoms with E-state index in [-0.39, 0.29) is 24.8 Å². The van der Waals surface area contributed by atoms with Crippen LogP contribution in [0.25, 0.3) is 0 Å². The molecule has 1 N–H and O–H groups in total. The molecule has 134 valence electrons.